The molecule has 1 N–H and O–H groups in total. The summed E-state index contributed by atoms with van der Waals surface area (Å²) < 4.78 is 27.7. The van der Waals surface area contributed by atoms with Gasteiger partial charge in [0.25, 0.3) is 0 Å². The number of anilines is 1. The first-order valence-electron chi connectivity index (χ1n) is 8.80. The zero-order valence-electron chi connectivity index (χ0n) is 15.4. The van der Waals surface area contributed by atoms with E-state index >= 15 is 0 Å². The minimum absolute atomic E-state index is 0.172. The van der Waals surface area contributed by atoms with Crippen LogP contribution in [0.1, 0.15) is 5.56 Å². The summed E-state index contributed by atoms with van der Waals surface area (Å²) in [6, 6.07) is 12.1. The van der Waals surface area contributed by atoms with Crippen molar-refractivity contribution in [1.82, 2.24) is 9.21 Å². The molecule has 0 unspecified atom stereocenters. The number of nitrogens with one attached hydrogen (secondary N) is 1. The minimum atomic E-state index is -3.54. The third kappa shape index (κ3) is 5.12. The van der Waals surface area contributed by atoms with Gasteiger partial charge in [0.2, 0.25) is 15.9 Å². The molecule has 0 spiro atoms. The number of amides is 1. The summed E-state index contributed by atoms with van der Waals surface area (Å²) in [5, 5.41) is 3.31. The number of sulfonamides is 1. The van der Waals surface area contributed by atoms with Gasteiger partial charge in [-0.3, -0.25) is 9.69 Å². The Labute approximate surface area is 178 Å². The number of carbonyl (C=O) groups excluding carboxylic acids is 1. The SMILES string of the molecule is Cc1ccc(NC(=O)CN2CCN(S(=O)(=O)c3cccc(Br)c3)CC2)c(Cl)c1. The van der Waals surface area contributed by atoms with E-state index in [9.17, 15) is 13.2 Å². The molecule has 0 bridgehead atoms. The second kappa shape index (κ2) is 8.92. The molecule has 6 nitrogen and oxygen atoms in total. The highest BCUT2D eigenvalue weighted by atomic mass is 79.9. The van der Waals surface area contributed by atoms with Crippen molar-refractivity contribution >= 4 is 49.1 Å². The maximum Gasteiger partial charge on any atom is 0.243 e. The molecule has 0 atom stereocenters. The van der Waals surface area contributed by atoms with Crippen LogP contribution in [0, 0.1) is 6.92 Å². The number of hydrogen-bond acceptors (Lipinski definition) is 4. The van der Waals surface area contributed by atoms with Crippen molar-refractivity contribution in [3.05, 3.63) is 57.5 Å². The highest BCUT2D eigenvalue weighted by Crippen LogP contribution is 2.23. The lowest BCUT2D eigenvalue weighted by molar-refractivity contribution is -0.117. The Morgan fingerprint density at radius 2 is 1.86 bits per heavy atom. The summed E-state index contributed by atoms with van der Waals surface area (Å²) in [6.07, 6.45) is 0. The lowest BCUT2D eigenvalue weighted by Gasteiger charge is -2.33. The van der Waals surface area contributed by atoms with Gasteiger partial charge in [-0.1, -0.05) is 39.7 Å². The van der Waals surface area contributed by atoms with Crippen LogP contribution >= 0.6 is 27.5 Å². The number of hydrogen-bond donors (Lipinski definition) is 1. The summed E-state index contributed by atoms with van der Waals surface area (Å²) in [6.45, 7) is 3.78. The van der Waals surface area contributed by atoms with E-state index in [0.29, 0.717) is 36.9 Å². The second-order valence-corrected chi connectivity index (χ2v) is 9.93. The number of carbonyl (C=O) groups is 1. The summed E-state index contributed by atoms with van der Waals surface area (Å²) >= 11 is 9.46. The van der Waals surface area contributed by atoms with Crippen molar-refractivity contribution in [2.24, 2.45) is 0 Å². The molecule has 150 valence electrons. The Hall–Kier alpha value is -1.45. The molecule has 9 heteroatoms. The average molecular weight is 487 g/mol. The third-order valence-electron chi connectivity index (χ3n) is 4.53. The second-order valence-electron chi connectivity index (χ2n) is 6.67. The van der Waals surface area contributed by atoms with Crippen molar-refractivity contribution in [3.63, 3.8) is 0 Å². The van der Waals surface area contributed by atoms with Crippen LogP contribution in [0.3, 0.4) is 0 Å². The fraction of sp³-hybridized carbons (Fsp3) is 0.316. The van der Waals surface area contributed by atoms with Crippen LogP contribution in [0.5, 0.6) is 0 Å². The molecule has 1 fully saturated rings. The normalized spacial score (nSPS) is 16.1. The fourth-order valence-electron chi connectivity index (χ4n) is 3.02. The first-order valence-corrected chi connectivity index (χ1v) is 11.4. The molecule has 1 saturated heterocycles. The molecule has 0 aromatic heterocycles. The lowest BCUT2D eigenvalue weighted by atomic mass is 10.2. The van der Waals surface area contributed by atoms with E-state index in [1.165, 1.54) is 4.31 Å². The largest absolute Gasteiger partial charge is 0.324 e. The van der Waals surface area contributed by atoms with E-state index in [1.807, 2.05) is 17.9 Å². The monoisotopic (exact) mass is 485 g/mol. The number of benzene rings is 2. The van der Waals surface area contributed by atoms with Crippen LogP contribution in [0.4, 0.5) is 5.69 Å². The van der Waals surface area contributed by atoms with Crippen LogP contribution in [-0.4, -0.2) is 56.3 Å². The van der Waals surface area contributed by atoms with E-state index in [2.05, 4.69) is 21.2 Å². The van der Waals surface area contributed by atoms with E-state index in [1.54, 1.807) is 36.4 Å². The van der Waals surface area contributed by atoms with Gasteiger partial charge in [-0.2, -0.15) is 4.31 Å². The summed E-state index contributed by atoms with van der Waals surface area (Å²) in [4.78, 5) is 14.5. The zero-order chi connectivity index (χ0) is 20.3. The van der Waals surface area contributed by atoms with E-state index in [4.69, 9.17) is 11.6 Å². The highest BCUT2D eigenvalue weighted by Gasteiger charge is 2.29. The number of rotatable bonds is 5. The standard InChI is InChI=1S/C19H21BrClN3O3S/c1-14-5-6-18(17(21)11-14)22-19(25)13-23-7-9-24(10-8-23)28(26,27)16-4-2-3-15(20)12-16/h2-6,11-12H,7-10,13H2,1H3,(H,22,25). The molecular weight excluding hydrogens is 466 g/mol. The minimum Gasteiger partial charge on any atom is -0.324 e. The number of aryl methyl sites for hydroxylation is 1. The van der Waals surface area contributed by atoms with Crippen molar-refractivity contribution < 1.29 is 13.2 Å². The first kappa shape index (κ1) is 21.3. The molecule has 0 saturated carbocycles. The van der Waals surface area contributed by atoms with Crippen LogP contribution in [0.15, 0.2) is 51.8 Å². The molecule has 2 aromatic rings. The van der Waals surface area contributed by atoms with Gasteiger partial charge in [0.05, 0.1) is 22.2 Å². The number of halogens is 2. The van der Waals surface area contributed by atoms with Gasteiger partial charge in [0.1, 0.15) is 0 Å². The van der Waals surface area contributed by atoms with Crippen LogP contribution in [0.25, 0.3) is 0 Å². The molecule has 3 rings (SSSR count). The van der Waals surface area contributed by atoms with E-state index < -0.39 is 10.0 Å². The quantitative estimate of drug-likeness (QED) is 0.704. The van der Waals surface area contributed by atoms with E-state index in [0.717, 1.165) is 10.0 Å². The molecule has 1 aliphatic heterocycles. The lowest BCUT2D eigenvalue weighted by Crippen LogP contribution is -2.50. The molecular formula is C19H21BrClN3O3S. The Morgan fingerprint density at radius 1 is 1.14 bits per heavy atom. The molecule has 0 radical (unpaired) electrons. The van der Waals surface area contributed by atoms with Crippen LogP contribution in [-0.2, 0) is 14.8 Å². The molecule has 1 amide bonds. The predicted octanol–water partition coefficient (Wildman–Crippen LogP) is 3.36. The third-order valence-corrected chi connectivity index (χ3v) is 7.23. The topological polar surface area (TPSA) is 69.7 Å². The van der Waals surface area contributed by atoms with Crippen molar-refractivity contribution in [2.45, 2.75) is 11.8 Å². The van der Waals surface area contributed by atoms with Gasteiger partial charge in [-0.25, -0.2) is 8.42 Å². The van der Waals surface area contributed by atoms with Gasteiger partial charge in [-0.05, 0) is 42.8 Å². The molecule has 1 aliphatic rings. The Morgan fingerprint density at radius 3 is 2.50 bits per heavy atom. The fourth-order valence-corrected chi connectivity index (χ4v) is 5.32. The molecule has 2 aromatic carbocycles. The van der Waals surface area contributed by atoms with Crippen LogP contribution in [0.2, 0.25) is 5.02 Å². The Kier molecular flexibility index (Phi) is 6.77. The molecule has 28 heavy (non-hydrogen) atoms. The summed E-state index contributed by atoms with van der Waals surface area (Å²) in [5.41, 5.74) is 1.60. The van der Waals surface area contributed by atoms with Gasteiger partial charge in [0.15, 0.2) is 0 Å². The maximum absolute atomic E-state index is 12.8. The van der Waals surface area contributed by atoms with Gasteiger partial charge < -0.3 is 5.32 Å². The smallest absolute Gasteiger partial charge is 0.243 e. The van der Waals surface area contributed by atoms with Gasteiger partial charge in [-0.15, -0.1) is 0 Å². The average Bonchev–Trinajstić information content (AvgIpc) is 2.64. The van der Waals surface area contributed by atoms with Gasteiger partial charge >= 0.3 is 0 Å². The summed E-state index contributed by atoms with van der Waals surface area (Å²) in [5.74, 6) is -0.172. The number of piperazine rings is 1. The number of nitrogens with zero attached hydrogens (tertiary/aromatic N) is 2. The van der Waals surface area contributed by atoms with Gasteiger partial charge in [0, 0.05) is 30.7 Å². The Balaban J connectivity index is 1.56. The maximum atomic E-state index is 12.8. The zero-order valence-corrected chi connectivity index (χ0v) is 18.5. The molecule has 1 heterocycles. The van der Waals surface area contributed by atoms with Crippen molar-refractivity contribution in [1.29, 1.82) is 0 Å². The molecule has 0 aliphatic carbocycles. The van der Waals surface area contributed by atoms with Crippen molar-refractivity contribution in [2.75, 3.05) is 38.0 Å². The van der Waals surface area contributed by atoms with Crippen molar-refractivity contribution in [3.8, 4) is 0 Å². The highest BCUT2D eigenvalue weighted by molar-refractivity contribution is 9.10. The predicted molar refractivity (Wildman–Crippen MR) is 114 cm³/mol. The van der Waals surface area contributed by atoms with E-state index in [-0.39, 0.29) is 17.3 Å². The van der Waals surface area contributed by atoms with Crippen LogP contribution < -0.4 is 5.32 Å². The Bertz CT molecular complexity index is 976. The summed E-state index contributed by atoms with van der Waals surface area (Å²) in [7, 11) is -3.54. The first-order chi connectivity index (χ1) is 13.3.